The summed E-state index contributed by atoms with van der Waals surface area (Å²) in [4.78, 5) is 26.5. The topological polar surface area (TPSA) is 49.4 Å². The van der Waals surface area contributed by atoms with E-state index in [4.69, 9.17) is 11.6 Å². The molecule has 1 saturated heterocycles. The van der Waals surface area contributed by atoms with Gasteiger partial charge in [-0.3, -0.25) is 9.59 Å². The van der Waals surface area contributed by atoms with Crippen LogP contribution in [0, 0.1) is 19.8 Å². The van der Waals surface area contributed by atoms with Crippen molar-refractivity contribution in [3.8, 4) is 0 Å². The van der Waals surface area contributed by atoms with Crippen LogP contribution in [0.5, 0.6) is 0 Å². The van der Waals surface area contributed by atoms with Crippen LogP contribution in [0.25, 0.3) is 0 Å². The molecule has 24 heavy (non-hydrogen) atoms. The van der Waals surface area contributed by atoms with Crippen molar-refractivity contribution in [2.45, 2.75) is 20.3 Å². The Morgan fingerprint density at radius 2 is 1.96 bits per heavy atom. The number of rotatable bonds is 3. The van der Waals surface area contributed by atoms with Crippen LogP contribution in [0.3, 0.4) is 0 Å². The summed E-state index contributed by atoms with van der Waals surface area (Å²) in [6.07, 6.45) is 0.212. The average molecular weight is 343 g/mol. The molecule has 1 fully saturated rings. The van der Waals surface area contributed by atoms with Gasteiger partial charge in [0.25, 0.3) is 0 Å². The fourth-order valence-corrected chi connectivity index (χ4v) is 3.14. The molecular weight excluding hydrogens is 324 g/mol. The standard InChI is InChI=1S/C19H19ClN2O2/c1-12-5-3-6-15(9-12)21-19(24)14-10-18(23)22(11-14)17-8-4-7-16(20)13(17)2/h3-9,14H,10-11H2,1-2H3,(H,21,24)/t14-/m0/s1. The van der Waals surface area contributed by atoms with Crippen molar-refractivity contribution < 1.29 is 9.59 Å². The van der Waals surface area contributed by atoms with Gasteiger partial charge in [0, 0.05) is 29.4 Å². The van der Waals surface area contributed by atoms with E-state index in [1.165, 1.54) is 0 Å². The van der Waals surface area contributed by atoms with Gasteiger partial charge in [-0.15, -0.1) is 0 Å². The Balaban J connectivity index is 1.74. The van der Waals surface area contributed by atoms with Crippen LogP contribution in [0.2, 0.25) is 5.02 Å². The van der Waals surface area contributed by atoms with E-state index < -0.39 is 0 Å². The van der Waals surface area contributed by atoms with Crippen molar-refractivity contribution in [1.82, 2.24) is 0 Å². The molecule has 5 heteroatoms. The lowest BCUT2D eigenvalue weighted by molar-refractivity contribution is -0.122. The van der Waals surface area contributed by atoms with Crippen molar-refractivity contribution in [2.75, 3.05) is 16.8 Å². The van der Waals surface area contributed by atoms with Gasteiger partial charge in [0.15, 0.2) is 0 Å². The predicted molar refractivity (Wildman–Crippen MR) is 96.5 cm³/mol. The number of anilines is 2. The first-order valence-corrected chi connectivity index (χ1v) is 8.26. The largest absolute Gasteiger partial charge is 0.326 e. The summed E-state index contributed by atoms with van der Waals surface area (Å²) in [5, 5.41) is 3.52. The van der Waals surface area contributed by atoms with Gasteiger partial charge in [-0.2, -0.15) is 0 Å². The second-order valence-corrected chi connectivity index (χ2v) is 6.56. The fraction of sp³-hybridized carbons (Fsp3) is 0.263. The average Bonchev–Trinajstić information content (AvgIpc) is 2.92. The summed E-state index contributed by atoms with van der Waals surface area (Å²) in [6, 6.07) is 13.1. The van der Waals surface area contributed by atoms with E-state index >= 15 is 0 Å². The van der Waals surface area contributed by atoms with E-state index in [1.807, 2.05) is 50.2 Å². The number of nitrogens with one attached hydrogen (secondary N) is 1. The predicted octanol–water partition coefficient (Wildman–Crippen LogP) is 3.95. The van der Waals surface area contributed by atoms with Gasteiger partial charge in [-0.1, -0.05) is 29.8 Å². The molecule has 0 aliphatic carbocycles. The van der Waals surface area contributed by atoms with Crippen LogP contribution >= 0.6 is 11.6 Å². The zero-order chi connectivity index (χ0) is 17.3. The molecule has 2 aromatic rings. The van der Waals surface area contributed by atoms with E-state index in [-0.39, 0.29) is 24.2 Å². The normalized spacial score (nSPS) is 17.2. The fourth-order valence-electron chi connectivity index (χ4n) is 2.97. The molecule has 0 aromatic heterocycles. The van der Waals surface area contributed by atoms with E-state index in [1.54, 1.807) is 11.0 Å². The highest BCUT2D eigenvalue weighted by Crippen LogP contribution is 2.31. The number of carbonyl (C=O) groups is 2. The first-order chi connectivity index (χ1) is 11.5. The number of amides is 2. The minimum Gasteiger partial charge on any atom is -0.326 e. The quantitative estimate of drug-likeness (QED) is 0.918. The third-order valence-corrected chi connectivity index (χ3v) is 4.72. The van der Waals surface area contributed by atoms with Gasteiger partial charge in [-0.05, 0) is 49.2 Å². The van der Waals surface area contributed by atoms with Gasteiger partial charge >= 0.3 is 0 Å². The highest BCUT2D eigenvalue weighted by atomic mass is 35.5. The summed E-state index contributed by atoms with van der Waals surface area (Å²) in [5.74, 6) is -0.544. The molecule has 2 amide bonds. The van der Waals surface area contributed by atoms with Crippen molar-refractivity contribution >= 4 is 34.8 Å². The molecule has 1 aliphatic rings. The SMILES string of the molecule is Cc1cccc(NC(=O)[C@H]2CC(=O)N(c3cccc(Cl)c3C)C2)c1. The minimum absolute atomic E-state index is 0.0511. The van der Waals surface area contributed by atoms with Crippen LogP contribution in [0.15, 0.2) is 42.5 Å². The molecule has 2 aromatic carbocycles. The lowest BCUT2D eigenvalue weighted by Crippen LogP contribution is -2.28. The Hall–Kier alpha value is -2.33. The van der Waals surface area contributed by atoms with E-state index in [0.29, 0.717) is 11.6 Å². The minimum atomic E-state index is -0.364. The Morgan fingerprint density at radius 1 is 1.21 bits per heavy atom. The zero-order valence-corrected chi connectivity index (χ0v) is 14.4. The van der Waals surface area contributed by atoms with Crippen LogP contribution in [0.4, 0.5) is 11.4 Å². The molecule has 0 spiro atoms. The highest BCUT2D eigenvalue weighted by Gasteiger charge is 2.35. The highest BCUT2D eigenvalue weighted by molar-refractivity contribution is 6.31. The molecule has 0 unspecified atom stereocenters. The third-order valence-electron chi connectivity index (χ3n) is 4.31. The Morgan fingerprint density at radius 3 is 2.71 bits per heavy atom. The van der Waals surface area contributed by atoms with E-state index in [0.717, 1.165) is 22.5 Å². The first kappa shape index (κ1) is 16.5. The number of carbonyl (C=O) groups excluding carboxylic acids is 2. The van der Waals surface area contributed by atoms with Crippen molar-refractivity contribution in [2.24, 2.45) is 5.92 Å². The van der Waals surface area contributed by atoms with Gasteiger partial charge < -0.3 is 10.2 Å². The lowest BCUT2D eigenvalue weighted by atomic mass is 10.1. The molecule has 0 radical (unpaired) electrons. The van der Waals surface area contributed by atoms with Crippen LogP contribution in [0.1, 0.15) is 17.5 Å². The Bertz CT molecular complexity index is 804. The molecule has 1 N–H and O–H groups in total. The van der Waals surface area contributed by atoms with Crippen molar-refractivity contribution in [1.29, 1.82) is 0 Å². The van der Waals surface area contributed by atoms with Gasteiger partial charge in [0.1, 0.15) is 0 Å². The number of aryl methyl sites for hydroxylation is 1. The Labute approximate surface area is 146 Å². The maximum absolute atomic E-state index is 12.5. The number of benzene rings is 2. The van der Waals surface area contributed by atoms with Gasteiger partial charge in [-0.25, -0.2) is 0 Å². The van der Waals surface area contributed by atoms with Crippen LogP contribution in [-0.2, 0) is 9.59 Å². The maximum atomic E-state index is 12.5. The first-order valence-electron chi connectivity index (χ1n) is 7.88. The summed E-state index contributed by atoms with van der Waals surface area (Å²) >= 11 is 6.14. The number of nitrogens with zero attached hydrogens (tertiary/aromatic N) is 1. The number of hydrogen-bond donors (Lipinski definition) is 1. The molecule has 0 bridgehead atoms. The monoisotopic (exact) mass is 342 g/mol. The van der Waals surface area contributed by atoms with E-state index in [9.17, 15) is 9.59 Å². The van der Waals surface area contributed by atoms with Gasteiger partial charge in [0.2, 0.25) is 11.8 Å². The summed E-state index contributed by atoms with van der Waals surface area (Å²) < 4.78 is 0. The molecule has 1 heterocycles. The summed E-state index contributed by atoms with van der Waals surface area (Å²) in [5.41, 5.74) is 3.46. The Kier molecular flexibility index (Phi) is 4.58. The molecule has 1 atom stereocenters. The lowest BCUT2D eigenvalue weighted by Gasteiger charge is -2.19. The second-order valence-electron chi connectivity index (χ2n) is 6.15. The van der Waals surface area contributed by atoms with Gasteiger partial charge in [0.05, 0.1) is 5.92 Å². The molecule has 4 nitrogen and oxygen atoms in total. The maximum Gasteiger partial charge on any atom is 0.229 e. The second kappa shape index (κ2) is 6.65. The van der Waals surface area contributed by atoms with E-state index in [2.05, 4.69) is 5.32 Å². The summed E-state index contributed by atoms with van der Waals surface area (Å²) in [7, 11) is 0. The molecule has 3 rings (SSSR count). The smallest absolute Gasteiger partial charge is 0.229 e. The number of hydrogen-bond acceptors (Lipinski definition) is 2. The van der Waals surface area contributed by atoms with Crippen LogP contribution < -0.4 is 10.2 Å². The number of halogens is 1. The summed E-state index contributed by atoms with van der Waals surface area (Å²) in [6.45, 7) is 4.22. The van der Waals surface area contributed by atoms with Crippen molar-refractivity contribution in [3.05, 3.63) is 58.6 Å². The van der Waals surface area contributed by atoms with Crippen molar-refractivity contribution in [3.63, 3.8) is 0 Å². The molecular formula is C19H19ClN2O2. The molecule has 1 aliphatic heterocycles. The molecule has 0 saturated carbocycles. The zero-order valence-electron chi connectivity index (χ0n) is 13.7. The third kappa shape index (κ3) is 3.29. The molecule has 124 valence electrons. The van der Waals surface area contributed by atoms with Crippen LogP contribution in [-0.4, -0.2) is 18.4 Å².